The fourth-order valence-corrected chi connectivity index (χ4v) is 0.940. The fourth-order valence-electron chi connectivity index (χ4n) is 0.940. The first-order valence-corrected chi connectivity index (χ1v) is 5.71. The standard InChI is InChI=1S/C12H26N2O/c1-8(2)10(13)11(15)14-7-12(5,6)9(3)4/h8-10H,7,13H2,1-6H3,(H,14,15)/t10-/m0/s1. The molecule has 0 rings (SSSR count). The molecule has 0 aromatic heterocycles. The highest BCUT2D eigenvalue weighted by Crippen LogP contribution is 2.24. The Morgan fingerprint density at radius 1 is 1.27 bits per heavy atom. The SMILES string of the molecule is CC(C)[C@H](N)C(=O)NCC(C)(C)C(C)C. The predicted molar refractivity (Wildman–Crippen MR) is 64.4 cm³/mol. The van der Waals surface area contributed by atoms with Crippen LogP contribution in [0.5, 0.6) is 0 Å². The van der Waals surface area contributed by atoms with Gasteiger partial charge in [-0.05, 0) is 17.3 Å². The van der Waals surface area contributed by atoms with Gasteiger partial charge in [-0.3, -0.25) is 4.79 Å². The third kappa shape index (κ3) is 4.65. The second-order valence-corrected chi connectivity index (χ2v) is 5.63. The highest BCUT2D eigenvalue weighted by molar-refractivity contribution is 5.81. The van der Waals surface area contributed by atoms with Gasteiger partial charge in [0.2, 0.25) is 5.91 Å². The van der Waals surface area contributed by atoms with E-state index in [4.69, 9.17) is 5.73 Å². The minimum Gasteiger partial charge on any atom is -0.354 e. The summed E-state index contributed by atoms with van der Waals surface area (Å²) in [6, 6.07) is -0.395. The van der Waals surface area contributed by atoms with E-state index >= 15 is 0 Å². The lowest BCUT2D eigenvalue weighted by Crippen LogP contribution is -2.47. The van der Waals surface area contributed by atoms with Crippen LogP contribution >= 0.6 is 0 Å². The van der Waals surface area contributed by atoms with E-state index in [0.717, 1.165) is 0 Å². The van der Waals surface area contributed by atoms with Crippen molar-refractivity contribution >= 4 is 5.91 Å². The Bertz CT molecular complexity index is 210. The minimum absolute atomic E-state index is 0.0428. The molecule has 0 heterocycles. The summed E-state index contributed by atoms with van der Waals surface area (Å²) < 4.78 is 0. The Balaban J connectivity index is 4.12. The fraction of sp³-hybridized carbons (Fsp3) is 0.917. The molecule has 3 heteroatoms. The molecule has 0 bridgehead atoms. The summed E-state index contributed by atoms with van der Waals surface area (Å²) in [5, 5.41) is 2.92. The van der Waals surface area contributed by atoms with Crippen molar-refractivity contribution in [3.8, 4) is 0 Å². The van der Waals surface area contributed by atoms with Crippen LogP contribution in [-0.2, 0) is 4.79 Å². The lowest BCUT2D eigenvalue weighted by molar-refractivity contribution is -0.123. The molecule has 0 aliphatic rings. The molecule has 0 unspecified atom stereocenters. The Labute approximate surface area is 93.8 Å². The summed E-state index contributed by atoms with van der Waals surface area (Å²) in [6.07, 6.45) is 0. The maximum Gasteiger partial charge on any atom is 0.237 e. The first-order valence-electron chi connectivity index (χ1n) is 5.71. The summed E-state index contributed by atoms with van der Waals surface area (Å²) in [6.45, 7) is 13.2. The van der Waals surface area contributed by atoms with Gasteiger partial charge in [-0.1, -0.05) is 41.5 Å². The zero-order valence-electron chi connectivity index (χ0n) is 10.9. The quantitative estimate of drug-likeness (QED) is 0.733. The van der Waals surface area contributed by atoms with Crippen LogP contribution in [0.1, 0.15) is 41.5 Å². The lowest BCUT2D eigenvalue weighted by atomic mass is 9.81. The molecule has 0 aromatic rings. The average molecular weight is 214 g/mol. The Morgan fingerprint density at radius 3 is 2.07 bits per heavy atom. The first-order chi connectivity index (χ1) is 6.68. The van der Waals surface area contributed by atoms with Crippen molar-refractivity contribution in [3.63, 3.8) is 0 Å². The van der Waals surface area contributed by atoms with Crippen LogP contribution in [-0.4, -0.2) is 18.5 Å². The lowest BCUT2D eigenvalue weighted by Gasteiger charge is -2.30. The maximum absolute atomic E-state index is 11.6. The van der Waals surface area contributed by atoms with E-state index < -0.39 is 6.04 Å². The minimum atomic E-state index is -0.395. The summed E-state index contributed by atoms with van der Waals surface area (Å²) in [7, 11) is 0. The second-order valence-electron chi connectivity index (χ2n) is 5.63. The predicted octanol–water partition coefficient (Wildman–Crippen LogP) is 1.77. The number of nitrogens with two attached hydrogens (primary N) is 1. The van der Waals surface area contributed by atoms with Crippen LogP contribution in [0.15, 0.2) is 0 Å². The van der Waals surface area contributed by atoms with Gasteiger partial charge >= 0.3 is 0 Å². The van der Waals surface area contributed by atoms with Gasteiger partial charge in [-0.25, -0.2) is 0 Å². The zero-order valence-corrected chi connectivity index (χ0v) is 10.9. The van der Waals surface area contributed by atoms with Crippen molar-refractivity contribution in [1.29, 1.82) is 0 Å². The summed E-state index contributed by atoms with van der Waals surface area (Å²) in [5.74, 6) is 0.680. The summed E-state index contributed by atoms with van der Waals surface area (Å²) in [5.41, 5.74) is 5.87. The van der Waals surface area contributed by atoms with Gasteiger partial charge in [0, 0.05) is 6.54 Å². The number of carbonyl (C=O) groups is 1. The second kappa shape index (κ2) is 5.50. The molecule has 0 aromatic carbocycles. The van der Waals surface area contributed by atoms with E-state index in [-0.39, 0.29) is 17.2 Å². The van der Waals surface area contributed by atoms with E-state index in [1.807, 2.05) is 13.8 Å². The molecule has 0 aliphatic heterocycles. The van der Waals surface area contributed by atoms with E-state index in [9.17, 15) is 4.79 Å². The molecule has 1 atom stereocenters. The van der Waals surface area contributed by atoms with Crippen molar-refractivity contribution in [2.45, 2.75) is 47.6 Å². The van der Waals surface area contributed by atoms with Gasteiger partial charge < -0.3 is 11.1 Å². The Hall–Kier alpha value is -0.570. The summed E-state index contributed by atoms with van der Waals surface area (Å²) in [4.78, 5) is 11.6. The zero-order chi connectivity index (χ0) is 12.2. The van der Waals surface area contributed by atoms with E-state index in [1.165, 1.54) is 0 Å². The normalized spacial score (nSPS) is 14.5. The Kier molecular flexibility index (Phi) is 5.29. The van der Waals surface area contributed by atoms with Crippen LogP contribution in [0, 0.1) is 17.3 Å². The molecule has 0 aliphatic carbocycles. The van der Waals surface area contributed by atoms with Crippen molar-refractivity contribution in [3.05, 3.63) is 0 Å². The molecule has 0 radical (unpaired) electrons. The van der Waals surface area contributed by atoms with Crippen LogP contribution in [0.3, 0.4) is 0 Å². The van der Waals surface area contributed by atoms with Gasteiger partial charge in [0.15, 0.2) is 0 Å². The topological polar surface area (TPSA) is 55.1 Å². The number of hydrogen-bond acceptors (Lipinski definition) is 2. The van der Waals surface area contributed by atoms with Crippen molar-refractivity contribution in [2.75, 3.05) is 6.54 Å². The number of amides is 1. The third-order valence-corrected chi connectivity index (χ3v) is 3.30. The molecule has 0 saturated heterocycles. The summed E-state index contributed by atoms with van der Waals surface area (Å²) >= 11 is 0. The van der Waals surface area contributed by atoms with Gasteiger partial charge in [0.05, 0.1) is 6.04 Å². The van der Waals surface area contributed by atoms with Crippen LogP contribution in [0.25, 0.3) is 0 Å². The van der Waals surface area contributed by atoms with Crippen molar-refractivity contribution in [1.82, 2.24) is 5.32 Å². The van der Waals surface area contributed by atoms with Crippen molar-refractivity contribution < 1.29 is 4.79 Å². The number of nitrogens with one attached hydrogen (secondary N) is 1. The number of carbonyl (C=O) groups excluding carboxylic acids is 1. The third-order valence-electron chi connectivity index (χ3n) is 3.30. The largest absolute Gasteiger partial charge is 0.354 e. The van der Waals surface area contributed by atoms with E-state index in [0.29, 0.717) is 12.5 Å². The van der Waals surface area contributed by atoms with Crippen LogP contribution in [0.2, 0.25) is 0 Å². The average Bonchev–Trinajstić information content (AvgIpc) is 2.12. The van der Waals surface area contributed by atoms with Crippen LogP contribution < -0.4 is 11.1 Å². The molecular formula is C12H26N2O. The number of rotatable bonds is 5. The maximum atomic E-state index is 11.6. The molecule has 0 fully saturated rings. The highest BCUT2D eigenvalue weighted by atomic mass is 16.2. The number of hydrogen-bond donors (Lipinski definition) is 2. The first kappa shape index (κ1) is 14.4. The van der Waals surface area contributed by atoms with Gasteiger partial charge in [-0.2, -0.15) is 0 Å². The van der Waals surface area contributed by atoms with E-state index in [2.05, 4.69) is 33.0 Å². The van der Waals surface area contributed by atoms with E-state index in [1.54, 1.807) is 0 Å². The molecule has 90 valence electrons. The molecule has 3 nitrogen and oxygen atoms in total. The van der Waals surface area contributed by atoms with Gasteiger partial charge in [-0.15, -0.1) is 0 Å². The molecule has 15 heavy (non-hydrogen) atoms. The molecule has 0 saturated carbocycles. The highest BCUT2D eigenvalue weighted by Gasteiger charge is 2.24. The van der Waals surface area contributed by atoms with Gasteiger partial charge in [0.25, 0.3) is 0 Å². The monoisotopic (exact) mass is 214 g/mol. The molecule has 1 amide bonds. The van der Waals surface area contributed by atoms with Crippen molar-refractivity contribution in [2.24, 2.45) is 23.0 Å². The molecule has 0 spiro atoms. The van der Waals surface area contributed by atoms with Crippen LogP contribution in [0.4, 0.5) is 0 Å². The van der Waals surface area contributed by atoms with Gasteiger partial charge in [0.1, 0.15) is 0 Å². The molecular weight excluding hydrogens is 188 g/mol. The Morgan fingerprint density at radius 2 is 1.73 bits per heavy atom. The smallest absolute Gasteiger partial charge is 0.237 e. The molecule has 3 N–H and O–H groups in total.